The van der Waals surface area contributed by atoms with Gasteiger partial charge in [-0.25, -0.2) is 0 Å². The second kappa shape index (κ2) is 12.4. The summed E-state index contributed by atoms with van der Waals surface area (Å²) in [6.07, 6.45) is 4.67. The molecule has 0 aromatic heterocycles. The number of allylic oxidation sites excluding steroid dienone is 1. The van der Waals surface area contributed by atoms with Crippen LogP contribution in [0.25, 0.3) is 11.1 Å². The summed E-state index contributed by atoms with van der Waals surface area (Å²) in [5.74, 6) is 1.71. The molecule has 0 saturated carbocycles. The van der Waals surface area contributed by atoms with Crippen molar-refractivity contribution < 1.29 is 19.0 Å². The lowest BCUT2D eigenvalue weighted by Gasteiger charge is -2.26. The van der Waals surface area contributed by atoms with E-state index in [1.807, 2.05) is 6.07 Å². The van der Waals surface area contributed by atoms with Crippen LogP contribution in [-0.2, 0) is 11.2 Å². The molecule has 0 bridgehead atoms. The third-order valence-corrected chi connectivity index (χ3v) is 8.18. The van der Waals surface area contributed by atoms with Crippen LogP contribution in [0.15, 0.2) is 66.7 Å². The Morgan fingerprint density at radius 2 is 1.72 bits per heavy atom. The van der Waals surface area contributed by atoms with Crippen LogP contribution in [0.2, 0.25) is 0 Å². The fourth-order valence-electron chi connectivity index (χ4n) is 6.05. The molecule has 5 heteroatoms. The molecule has 3 aliphatic rings. The fraction of sp³-hybridized carbons (Fsp3) is 0.412. The first-order valence-corrected chi connectivity index (χ1v) is 14.0. The summed E-state index contributed by atoms with van der Waals surface area (Å²) in [6, 6.07) is 23.3. The highest BCUT2D eigenvalue weighted by Gasteiger charge is 2.25. The predicted octanol–water partition coefficient (Wildman–Crippen LogP) is 7.25. The second-order valence-corrected chi connectivity index (χ2v) is 10.8. The molecule has 2 fully saturated rings. The molecule has 3 aromatic carbocycles. The molecule has 0 spiro atoms. The van der Waals surface area contributed by atoms with Gasteiger partial charge in [-0.05, 0) is 95.3 Å². The smallest absolute Gasteiger partial charge is 0.119 e. The van der Waals surface area contributed by atoms with Gasteiger partial charge in [-0.1, -0.05) is 49.9 Å². The molecule has 3 aromatic rings. The number of ether oxygens (including phenoxy) is 2. The Labute approximate surface area is 232 Å². The average molecular weight is 530 g/mol. The summed E-state index contributed by atoms with van der Waals surface area (Å²) >= 11 is 0. The highest BCUT2D eigenvalue weighted by atomic mass is 19.1. The van der Waals surface area contributed by atoms with E-state index in [0.29, 0.717) is 18.1 Å². The maximum Gasteiger partial charge on any atom is 0.119 e. The van der Waals surface area contributed by atoms with Crippen LogP contribution in [0.4, 0.5) is 4.39 Å². The minimum atomic E-state index is -0.260. The highest BCUT2D eigenvalue weighted by molar-refractivity contribution is 6.00. The molecule has 6 rings (SSSR count). The molecular weight excluding hydrogens is 489 g/mol. The lowest BCUT2D eigenvalue weighted by atomic mass is 9.87. The summed E-state index contributed by atoms with van der Waals surface area (Å²) < 4.78 is 24.2. The maximum absolute atomic E-state index is 12.5. The van der Waals surface area contributed by atoms with E-state index in [4.69, 9.17) is 9.47 Å². The van der Waals surface area contributed by atoms with E-state index in [1.165, 1.54) is 33.4 Å². The Morgan fingerprint density at radius 3 is 2.44 bits per heavy atom. The number of benzene rings is 3. The van der Waals surface area contributed by atoms with E-state index in [-0.39, 0.29) is 20.2 Å². The minimum absolute atomic E-state index is 0. The quantitative estimate of drug-likeness (QED) is 0.334. The van der Waals surface area contributed by atoms with Gasteiger partial charge in [0.05, 0.1) is 19.9 Å². The molecule has 1 atom stereocenters. The van der Waals surface area contributed by atoms with Crippen molar-refractivity contribution in [3.05, 3.63) is 94.5 Å². The van der Waals surface area contributed by atoms with Crippen LogP contribution in [0.3, 0.4) is 0 Å². The van der Waals surface area contributed by atoms with Crippen LogP contribution in [-0.4, -0.2) is 55.6 Å². The molecular formula is C34H40FNO3. The number of aryl methyl sites for hydroxylation is 1. The molecule has 4 nitrogen and oxygen atoms in total. The monoisotopic (exact) mass is 529 g/mol. The standard InChI is InChI=1S/C33H36FNO3.CH4/c34-16-2-17-35-18-15-30(20-35)38-29-12-9-25(10-13-29)33-31(4-1-3-26-19-28(36)11-14-32(26)33)24-7-5-23(6-8-24)27-21-37-22-27;/h5-14,19,27,30,36H,1-4,15-18,20-22H2;1H4/t30-;/m0./s1. The van der Waals surface area contributed by atoms with Gasteiger partial charge in [0, 0.05) is 25.6 Å². The zero-order valence-corrected chi connectivity index (χ0v) is 21.9. The van der Waals surface area contributed by atoms with Crippen molar-refractivity contribution in [3.63, 3.8) is 0 Å². The number of likely N-dealkylation sites (tertiary alicyclic amines) is 1. The summed E-state index contributed by atoms with van der Waals surface area (Å²) in [6.45, 7) is 4.00. The third-order valence-electron chi connectivity index (χ3n) is 8.18. The van der Waals surface area contributed by atoms with Crippen LogP contribution in [0.5, 0.6) is 11.5 Å². The minimum Gasteiger partial charge on any atom is -0.508 e. The Kier molecular flexibility index (Phi) is 8.69. The van der Waals surface area contributed by atoms with Crippen molar-refractivity contribution in [2.24, 2.45) is 0 Å². The second-order valence-electron chi connectivity index (χ2n) is 10.8. The van der Waals surface area contributed by atoms with Gasteiger partial charge in [-0.3, -0.25) is 9.29 Å². The molecule has 0 unspecified atom stereocenters. The van der Waals surface area contributed by atoms with Crippen molar-refractivity contribution in [2.75, 3.05) is 39.5 Å². The van der Waals surface area contributed by atoms with Gasteiger partial charge >= 0.3 is 0 Å². The Bertz CT molecular complexity index is 1280. The number of aromatic hydroxyl groups is 1. The molecule has 0 amide bonds. The molecule has 39 heavy (non-hydrogen) atoms. The molecule has 1 aliphatic carbocycles. The number of alkyl halides is 1. The molecule has 0 radical (unpaired) electrons. The third kappa shape index (κ3) is 6.05. The number of hydrogen-bond acceptors (Lipinski definition) is 4. The van der Waals surface area contributed by atoms with Crippen molar-refractivity contribution in [2.45, 2.75) is 51.6 Å². The lowest BCUT2D eigenvalue weighted by molar-refractivity contribution is 0.00842. The van der Waals surface area contributed by atoms with Gasteiger partial charge in [0.25, 0.3) is 0 Å². The number of phenolic OH excluding ortho intramolecular Hbond substituents is 1. The lowest BCUT2D eigenvalue weighted by Crippen LogP contribution is -2.26. The molecule has 2 aliphatic heterocycles. The summed E-state index contributed by atoms with van der Waals surface area (Å²) in [5.41, 5.74) is 8.73. The first-order valence-electron chi connectivity index (χ1n) is 14.0. The largest absolute Gasteiger partial charge is 0.508 e. The van der Waals surface area contributed by atoms with Gasteiger partial charge < -0.3 is 14.6 Å². The van der Waals surface area contributed by atoms with Crippen molar-refractivity contribution >= 4 is 11.1 Å². The highest BCUT2D eigenvalue weighted by Crippen LogP contribution is 2.41. The normalized spacial score (nSPS) is 19.7. The average Bonchev–Trinajstić information content (AvgIpc) is 3.26. The molecule has 2 saturated heterocycles. The zero-order chi connectivity index (χ0) is 25.9. The maximum atomic E-state index is 12.5. The van der Waals surface area contributed by atoms with E-state index in [9.17, 15) is 9.50 Å². The van der Waals surface area contributed by atoms with Crippen molar-refractivity contribution in [1.82, 2.24) is 4.90 Å². The number of phenols is 1. The fourth-order valence-corrected chi connectivity index (χ4v) is 6.05. The first kappa shape index (κ1) is 27.4. The van der Waals surface area contributed by atoms with Crippen LogP contribution >= 0.6 is 0 Å². The summed E-state index contributed by atoms with van der Waals surface area (Å²) in [4.78, 5) is 2.29. The van der Waals surface area contributed by atoms with Gasteiger partial charge in [-0.2, -0.15) is 0 Å². The topological polar surface area (TPSA) is 41.9 Å². The zero-order valence-electron chi connectivity index (χ0n) is 21.9. The summed E-state index contributed by atoms with van der Waals surface area (Å²) in [7, 11) is 0. The van der Waals surface area contributed by atoms with E-state index in [1.54, 1.807) is 6.07 Å². The Morgan fingerprint density at radius 1 is 0.949 bits per heavy atom. The van der Waals surface area contributed by atoms with E-state index < -0.39 is 0 Å². The number of nitrogens with zero attached hydrogens (tertiary/aromatic N) is 1. The first-order chi connectivity index (χ1) is 18.7. The number of fused-ring (bicyclic) bond motifs is 1. The van der Waals surface area contributed by atoms with Crippen molar-refractivity contribution in [3.8, 4) is 11.5 Å². The van der Waals surface area contributed by atoms with E-state index in [2.05, 4.69) is 59.5 Å². The van der Waals surface area contributed by atoms with Crippen molar-refractivity contribution in [1.29, 1.82) is 0 Å². The van der Waals surface area contributed by atoms with Crippen LogP contribution in [0, 0.1) is 0 Å². The van der Waals surface area contributed by atoms with Crippen LogP contribution in [0.1, 0.15) is 66.8 Å². The Hall–Kier alpha value is -3.15. The van der Waals surface area contributed by atoms with Gasteiger partial charge in [0.2, 0.25) is 0 Å². The number of hydrogen-bond donors (Lipinski definition) is 1. The SMILES string of the molecule is C.Oc1ccc2c(c1)CCCC(c1ccc(C3COC3)cc1)=C2c1ccc(O[C@H]2CCN(CCCF)C2)cc1. The Balaban J connectivity index is 0.00000308. The van der Waals surface area contributed by atoms with E-state index in [0.717, 1.165) is 69.8 Å². The van der Waals surface area contributed by atoms with Crippen LogP contribution < -0.4 is 4.74 Å². The summed E-state index contributed by atoms with van der Waals surface area (Å²) in [5, 5.41) is 10.2. The predicted molar refractivity (Wildman–Crippen MR) is 156 cm³/mol. The van der Waals surface area contributed by atoms with Gasteiger partial charge in [0.15, 0.2) is 0 Å². The molecule has 2 heterocycles. The molecule has 1 N–H and O–H groups in total. The molecule has 206 valence electrons. The number of rotatable bonds is 8. The number of halogens is 1. The van der Waals surface area contributed by atoms with E-state index >= 15 is 0 Å². The van der Waals surface area contributed by atoms with Gasteiger partial charge in [-0.15, -0.1) is 0 Å². The van der Waals surface area contributed by atoms with Gasteiger partial charge in [0.1, 0.15) is 17.6 Å².